The fraction of sp³-hybridized carbons (Fsp3) is 0.241. The van der Waals surface area contributed by atoms with Gasteiger partial charge >= 0.3 is 18.2 Å². The minimum atomic E-state index is -5.08. The highest BCUT2D eigenvalue weighted by Gasteiger charge is 2.38. The van der Waals surface area contributed by atoms with Crippen LogP contribution in [0.4, 0.5) is 29.3 Å². The van der Waals surface area contributed by atoms with Crippen LogP contribution in [-0.2, 0) is 19.1 Å². The number of hydrogen-bond acceptors (Lipinski definition) is 9. The number of benzene rings is 2. The summed E-state index contributed by atoms with van der Waals surface area (Å²) in [5.41, 5.74) is 3.59. The summed E-state index contributed by atoms with van der Waals surface area (Å²) in [6.45, 7) is 0. The average molecular weight is 690 g/mol. The number of amides is 3. The normalized spacial score (nSPS) is 14.7. The average Bonchev–Trinajstić information content (AvgIpc) is 3.74. The van der Waals surface area contributed by atoms with Gasteiger partial charge in [0.25, 0.3) is 0 Å². The van der Waals surface area contributed by atoms with Crippen LogP contribution in [0.25, 0.3) is 23.0 Å². The Morgan fingerprint density at radius 3 is 2.62 bits per heavy atom. The second-order valence-electron chi connectivity index (χ2n) is 10.0. The number of H-pyrrole nitrogens is 1. The van der Waals surface area contributed by atoms with Gasteiger partial charge < -0.3 is 25.5 Å². The molecule has 19 heteroatoms. The minimum absolute atomic E-state index is 0.162. The number of carbonyl (C=O) groups is 4. The number of nitrogens with zero attached hydrogens (tertiary/aromatic N) is 5. The molecule has 2 aromatic heterocycles. The summed E-state index contributed by atoms with van der Waals surface area (Å²) in [7, 11) is 1.27. The van der Waals surface area contributed by atoms with Crippen molar-refractivity contribution in [3.63, 3.8) is 0 Å². The van der Waals surface area contributed by atoms with Crippen molar-refractivity contribution in [2.45, 2.75) is 37.9 Å². The lowest BCUT2D eigenvalue weighted by Gasteiger charge is -2.17. The molecule has 0 saturated carbocycles. The molecule has 2 aromatic carbocycles. The quantitative estimate of drug-likeness (QED) is 0.179. The van der Waals surface area contributed by atoms with Crippen LogP contribution in [0, 0.1) is 0 Å². The molecule has 0 fully saturated rings. The van der Waals surface area contributed by atoms with E-state index in [1.165, 1.54) is 24.2 Å². The number of hydrogen-bond donors (Lipinski definition) is 5. The predicted octanol–water partition coefficient (Wildman–Crippen LogP) is 4.90. The molecule has 1 aliphatic rings. The zero-order valence-corrected chi connectivity index (χ0v) is 25.7. The third-order valence-electron chi connectivity index (χ3n) is 6.65. The molecule has 4 aromatic rings. The van der Waals surface area contributed by atoms with E-state index < -0.39 is 24.3 Å². The van der Waals surface area contributed by atoms with Crippen LogP contribution >= 0.6 is 11.6 Å². The molecule has 2 bridgehead atoms. The van der Waals surface area contributed by atoms with Gasteiger partial charge in [-0.15, -0.1) is 5.10 Å². The van der Waals surface area contributed by atoms with Crippen LogP contribution < -0.4 is 16.0 Å². The Morgan fingerprint density at radius 1 is 1.17 bits per heavy atom. The summed E-state index contributed by atoms with van der Waals surface area (Å²) in [6, 6.07) is 9.86. The number of ether oxygens (including phenoxy) is 1. The van der Waals surface area contributed by atoms with Crippen molar-refractivity contribution in [3.05, 3.63) is 71.4 Å². The van der Waals surface area contributed by atoms with Crippen molar-refractivity contribution in [1.82, 2.24) is 35.5 Å². The SMILES string of the molecule is COC(=O)Nc1ccc2c(c1)NC(=O)CCCC[C@H](NC(=O)/C=C/c1cc(Cl)ccc1-n1cnnn1)c1ncc-2[nH]1.O=C(O)C(F)(F)F. The van der Waals surface area contributed by atoms with Crippen LogP contribution in [0.1, 0.15) is 43.1 Å². The number of anilines is 2. The number of halogens is 4. The first kappa shape index (κ1) is 35.1. The standard InChI is InChI=1S/C27H26ClN9O4.C2HF3O2/c1-41-27(40)31-18-8-9-19-21(13-18)33-24(38)5-3-2-4-20(26-29-14-22(19)34-26)32-25(39)11-6-16-12-17(28)7-10-23(16)37-15-30-35-36-37;3-2(4,5)1(6)7/h6-15,20H,2-5H2,1H3,(H,29,34)(H,31,40)(H,32,39)(H,33,38);(H,6,7)/b11-6+;/t20-;/m0./s1. The molecule has 3 amide bonds. The number of carboxylic acid groups (broad SMARTS) is 1. The number of rotatable bonds is 5. The lowest BCUT2D eigenvalue weighted by atomic mass is 10.1. The van der Waals surface area contributed by atoms with Gasteiger partial charge in [0.15, 0.2) is 0 Å². The fourth-order valence-corrected chi connectivity index (χ4v) is 4.61. The van der Waals surface area contributed by atoms with E-state index in [9.17, 15) is 27.6 Å². The number of aromatic nitrogens is 6. The van der Waals surface area contributed by atoms with Crippen LogP contribution in [0.3, 0.4) is 0 Å². The molecule has 48 heavy (non-hydrogen) atoms. The van der Waals surface area contributed by atoms with Crippen LogP contribution in [0.5, 0.6) is 0 Å². The molecule has 1 atom stereocenters. The van der Waals surface area contributed by atoms with Crippen molar-refractivity contribution in [1.29, 1.82) is 0 Å². The Morgan fingerprint density at radius 2 is 1.94 bits per heavy atom. The van der Waals surface area contributed by atoms with Gasteiger partial charge in [-0.05, 0) is 65.7 Å². The van der Waals surface area contributed by atoms with E-state index in [0.717, 1.165) is 0 Å². The molecule has 252 valence electrons. The Hall–Kier alpha value is -5.78. The van der Waals surface area contributed by atoms with Gasteiger partial charge in [-0.3, -0.25) is 14.9 Å². The van der Waals surface area contributed by atoms with Crippen molar-refractivity contribution < 1.29 is 42.2 Å². The monoisotopic (exact) mass is 689 g/mol. The second-order valence-corrected chi connectivity index (χ2v) is 10.4. The van der Waals surface area contributed by atoms with Gasteiger partial charge in [0.05, 0.1) is 36.4 Å². The molecular formula is C29H27ClF3N9O6. The largest absolute Gasteiger partial charge is 0.490 e. The van der Waals surface area contributed by atoms with E-state index in [1.807, 2.05) is 0 Å². The molecular weight excluding hydrogens is 663 g/mol. The first-order chi connectivity index (χ1) is 22.8. The Labute approximate surface area is 274 Å². The third-order valence-corrected chi connectivity index (χ3v) is 6.88. The Kier molecular flexibility index (Phi) is 11.5. The van der Waals surface area contributed by atoms with Gasteiger partial charge in [0.1, 0.15) is 12.2 Å². The maximum absolute atomic E-state index is 13.0. The van der Waals surface area contributed by atoms with Crippen molar-refractivity contribution >= 4 is 52.9 Å². The number of carbonyl (C=O) groups excluding carboxylic acids is 3. The summed E-state index contributed by atoms with van der Waals surface area (Å²) in [5.74, 6) is -2.68. The number of nitrogens with one attached hydrogen (secondary N) is 4. The molecule has 3 heterocycles. The van der Waals surface area contributed by atoms with E-state index in [-0.39, 0.29) is 11.8 Å². The van der Waals surface area contributed by atoms with Gasteiger partial charge in [-0.25, -0.2) is 14.6 Å². The molecule has 0 spiro atoms. The van der Waals surface area contributed by atoms with Crippen LogP contribution in [0.15, 0.2) is 55.0 Å². The molecule has 5 rings (SSSR count). The Bertz CT molecular complexity index is 1810. The summed E-state index contributed by atoms with van der Waals surface area (Å²) < 4.78 is 37.9. The number of aromatic amines is 1. The number of alkyl halides is 3. The fourth-order valence-electron chi connectivity index (χ4n) is 4.43. The minimum Gasteiger partial charge on any atom is -0.475 e. The van der Waals surface area contributed by atoms with E-state index >= 15 is 0 Å². The highest BCUT2D eigenvalue weighted by atomic mass is 35.5. The molecule has 15 nitrogen and oxygen atoms in total. The molecule has 1 aliphatic heterocycles. The van der Waals surface area contributed by atoms with Gasteiger partial charge in [-0.1, -0.05) is 18.0 Å². The number of aliphatic carboxylic acids is 1. The summed E-state index contributed by atoms with van der Waals surface area (Å²) in [6.07, 6.45) is 2.59. The molecule has 0 unspecified atom stereocenters. The van der Waals surface area contributed by atoms with Crippen molar-refractivity contribution in [2.75, 3.05) is 17.7 Å². The summed E-state index contributed by atoms with van der Waals surface area (Å²) >= 11 is 6.19. The third kappa shape index (κ3) is 9.61. The highest BCUT2D eigenvalue weighted by Crippen LogP contribution is 2.32. The molecule has 0 radical (unpaired) electrons. The molecule has 0 saturated heterocycles. The van der Waals surface area contributed by atoms with Gasteiger partial charge in [-0.2, -0.15) is 17.9 Å². The summed E-state index contributed by atoms with van der Waals surface area (Å²) in [4.78, 5) is 54.1. The van der Waals surface area contributed by atoms with Gasteiger partial charge in [0.2, 0.25) is 11.8 Å². The number of methoxy groups -OCH3 is 1. The first-order valence-corrected chi connectivity index (χ1v) is 14.4. The number of carboxylic acids is 1. The maximum Gasteiger partial charge on any atom is 0.490 e. The number of imidazole rings is 1. The van der Waals surface area contributed by atoms with Crippen LogP contribution in [0.2, 0.25) is 5.02 Å². The second kappa shape index (κ2) is 15.7. The van der Waals surface area contributed by atoms with Crippen molar-refractivity contribution in [2.24, 2.45) is 0 Å². The van der Waals surface area contributed by atoms with Gasteiger partial charge in [0, 0.05) is 34.3 Å². The lowest BCUT2D eigenvalue weighted by Crippen LogP contribution is -2.28. The lowest BCUT2D eigenvalue weighted by molar-refractivity contribution is -0.192. The van der Waals surface area contributed by atoms with E-state index in [2.05, 4.69) is 46.2 Å². The first-order valence-electron chi connectivity index (χ1n) is 14.0. The maximum atomic E-state index is 13.0. The smallest absolute Gasteiger partial charge is 0.475 e. The number of fused-ring (bicyclic) bond motifs is 4. The Balaban J connectivity index is 0.000000671. The zero-order chi connectivity index (χ0) is 34.8. The topological polar surface area (TPSA) is 206 Å². The highest BCUT2D eigenvalue weighted by molar-refractivity contribution is 6.30. The van der Waals surface area contributed by atoms with E-state index in [0.29, 0.717) is 70.4 Å². The van der Waals surface area contributed by atoms with Crippen LogP contribution in [-0.4, -0.2) is 72.4 Å². The predicted molar refractivity (Wildman–Crippen MR) is 165 cm³/mol. The van der Waals surface area contributed by atoms with Crippen molar-refractivity contribution in [3.8, 4) is 16.9 Å². The van der Waals surface area contributed by atoms with E-state index in [1.54, 1.807) is 48.7 Å². The number of tetrazole rings is 1. The molecule has 5 N–H and O–H groups in total. The zero-order valence-electron chi connectivity index (χ0n) is 24.9. The molecule has 0 aliphatic carbocycles. The summed E-state index contributed by atoms with van der Waals surface area (Å²) in [5, 5.41) is 27.4. The van der Waals surface area contributed by atoms with E-state index in [4.69, 9.17) is 21.5 Å².